The maximum absolute atomic E-state index is 12.6. The Hall–Kier alpha value is -2.41. The number of esters is 1. The third kappa shape index (κ3) is 8.23. The molecule has 0 fully saturated rings. The second-order valence-electron chi connectivity index (χ2n) is 8.55. The van der Waals surface area contributed by atoms with Gasteiger partial charge in [-0.3, -0.25) is 9.59 Å². The van der Waals surface area contributed by atoms with E-state index in [9.17, 15) is 14.4 Å². The van der Waals surface area contributed by atoms with Crippen molar-refractivity contribution in [1.29, 1.82) is 0 Å². The van der Waals surface area contributed by atoms with Crippen LogP contribution >= 0.6 is 0 Å². The summed E-state index contributed by atoms with van der Waals surface area (Å²) in [6.45, 7) is 11.6. The summed E-state index contributed by atoms with van der Waals surface area (Å²) in [5.41, 5.74) is 1.56. The summed E-state index contributed by atoms with van der Waals surface area (Å²) in [6, 6.07) is 6.25. The SMILES string of the molecule is COCC(C)NC(=O)COC(=O)C(NC(=O)c1ccc(C(C)(C)C)cc1)C(C)C. The molecular weight excluding hydrogens is 372 g/mol. The summed E-state index contributed by atoms with van der Waals surface area (Å²) >= 11 is 0. The number of nitrogens with one attached hydrogen (secondary N) is 2. The van der Waals surface area contributed by atoms with Crippen LogP contribution in [-0.4, -0.2) is 50.2 Å². The first-order valence-corrected chi connectivity index (χ1v) is 9.82. The van der Waals surface area contributed by atoms with Crippen LogP contribution in [-0.2, 0) is 24.5 Å². The van der Waals surface area contributed by atoms with Crippen molar-refractivity contribution in [1.82, 2.24) is 10.6 Å². The number of ether oxygens (including phenoxy) is 2. The third-order valence-corrected chi connectivity index (χ3v) is 4.39. The lowest BCUT2D eigenvalue weighted by molar-refractivity contribution is -0.151. The molecule has 0 spiro atoms. The van der Waals surface area contributed by atoms with Crippen LogP contribution in [0.4, 0.5) is 0 Å². The molecule has 0 aliphatic heterocycles. The topological polar surface area (TPSA) is 93.7 Å². The average molecular weight is 407 g/mol. The highest BCUT2D eigenvalue weighted by Crippen LogP contribution is 2.22. The van der Waals surface area contributed by atoms with Gasteiger partial charge in [0.2, 0.25) is 0 Å². The minimum atomic E-state index is -0.853. The fourth-order valence-electron chi connectivity index (χ4n) is 2.68. The Labute approximate surface area is 173 Å². The predicted molar refractivity (Wildman–Crippen MR) is 112 cm³/mol. The van der Waals surface area contributed by atoms with Crippen molar-refractivity contribution < 1.29 is 23.9 Å². The predicted octanol–water partition coefficient (Wildman–Crippen LogP) is 2.43. The molecule has 2 amide bonds. The Balaban J connectivity index is 2.69. The van der Waals surface area contributed by atoms with E-state index >= 15 is 0 Å². The fourth-order valence-corrected chi connectivity index (χ4v) is 2.68. The second kappa shape index (κ2) is 11.0. The zero-order valence-corrected chi connectivity index (χ0v) is 18.5. The molecule has 2 N–H and O–H groups in total. The number of amides is 2. The summed E-state index contributed by atoms with van der Waals surface area (Å²) < 4.78 is 10.0. The maximum atomic E-state index is 12.6. The number of methoxy groups -OCH3 is 1. The first-order valence-electron chi connectivity index (χ1n) is 9.82. The van der Waals surface area contributed by atoms with Gasteiger partial charge < -0.3 is 20.1 Å². The molecule has 0 aliphatic carbocycles. The zero-order chi connectivity index (χ0) is 22.2. The Kier molecular flexibility index (Phi) is 9.30. The lowest BCUT2D eigenvalue weighted by Crippen LogP contribution is -2.46. The fraction of sp³-hybridized carbons (Fsp3) is 0.591. The minimum Gasteiger partial charge on any atom is -0.454 e. The Morgan fingerprint density at radius 3 is 2.07 bits per heavy atom. The van der Waals surface area contributed by atoms with E-state index < -0.39 is 24.5 Å². The van der Waals surface area contributed by atoms with Gasteiger partial charge in [0.05, 0.1) is 6.61 Å². The van der Waals surface area contributed by atoms with Crippen molar-refractivity contribution in [2.24, 2.45) is 5.92 Å². The minimum absolute atomic E-state index is 0.0133. The van der Waals surface area contributed by atoms with Crippen LogP contribution in [0, 0.1) is 5.92 Å². The lowest BCUT2D eigenvalue weighted by atomic mass is 9.86. The summed E-state index contributed by atoms with van der Waals surface area (Å²) in [4.78, 5) is 36.8. The van der Waals surface area contributed by atoms with Crippen LogP contribution in [0.15, 0.2) is 24.3 Å². The normalized spacial score (nSPS) is 13.5. The van der Waals surface area contributed by atoms with E-state index in [1.807, 2.05) is 12.1 Å². The quantitative estimate of drug-likeness (QED) is 0.615. The van der Waals surface area contributed by atoms with Gasteiger partial charge in [-0.1, -0.05) is 46.8 Å². The molecule has 0 bridgehead atoms. The van der Waals surface area contributed by atoms with Gasteiger partial charge in [0.25, 0.3) is 11.8 Å². The van der Waals surface area contributed by atoms with Crippen molar-refractivity contribution in [3.63, 3.8) is 0 Å². The molecule has 0 heterocycles. The van der Waals surface area contributed by atoms with Crippen molar-refractivity contribution >= 4 is 17.8 Å². The third-order valence-electron chi connectivity index (χ3n) is 4.39. The van der Waals surface area contributed by atoms with Crippen LogP contribution in [0.5, 0.6) is 0 Å². The smallest absolute Gasteiger partial charge is 0.329 e. The molecule has 1 rings (SSSR count). The molecule has 0 saturated carbocycles. The highest BCUT2D eigenvalue weighted by Gasteiger charge is 2.27. The highest BCUT2D eigenvalue weighted by molar-refractivity contribution is 5.97. The van der Waals surface area contributed by atoms with Crippen LogP contribution in [0.3, 0.4) is 0 Å². The van der Waals surface area contributed by atoms with E-state index in [0.717, 1.165) is 5.56 Å². The number of hydrogen-bond acceptors (Lipinski definition) is 5. The molecule has 162 valence electrons. The molecule has 0 radical (unpaired) electrons. The highest BCUT2D eigenvalue weighted by atomic mass is 16.5. The molecule has 7 heteroatoms. The molecule has 0 saturated heterocycles. The Bertz CT molecular complexity index is 692. The Morgan fingerprint density at radius 2 is 1.59 bits per heavy atom. The van der Waals surface area contributed by atoms with Crippen LogP contribution < -0.4 is 10.6 Å². The van der Waals surface area contributed by atoms with E-state index in [0.29, 0.717) is 12.2 Å². The molecule has 2 unspecified atom stereocenters. The molecule has 1 aromatic carbocycles. The first kappa shape index (κ1) is 24.6. The lowest BCUT2D eigenvalue weighted by Gasteiger charge is -2.22. The number of rotatable bonds is 9. The standard InChI is InChI=1S/C22H34N2O5/c1-14(2)19(21(27)29-13-18(25)23-15(3)12-28-7)24-20(26)16-8-10-17(11-9-16)22(4,5)6/h8-11,14-15,19H,12-13H2,1-7H3,(H,23,25)(H,24,26). The molecule has 2 atom stereocenters. The molecule has 0 aliphatic rings. The number of carbonyl (C=O) groups is 3. The van der Waals surface area contributed by atoms with Gasteiger partial charge in [-0.05, 0) is 36.0 Å². The van der Waals surface area contributed by atoms with Crippen molar-refractivity contribution in [2.45, 2.75) is 59.0 Å². The summed E-state index contributed by atoms with van der Waals surface area (Å²) in [5, 5.41) is 5.37. The number of benzene rings is 1. The van der Waals surface area contributed by atoms with Crippen LogP contribution in [0.2, 0.25) is 0 Å². The van der Waals surface area contributed by atoms with Gasteiger partial charge in [0, 0.05) is 18.7 Å². The van der Waals surface area contributed by atoms with Gasteiger partial charge in [-0.25, -0.2) is 4.79 Å². The maximum Gasteiger partial charge on any atom is 0.329 e. The summed E-state index contributed by atoms with van der Waals surface area (Å²) in [5.74, 6) is -1.63. The number of carbonyl (C=O) groups excluding carboxylic acids is 3. The van der Waals surface area contributed by atoms with Crippen molar-refractivity contribution in [2.75, 3.05) is 20.3 Å². The van der Waals surface area contributed by atoms with Crippen LogP contribution in [0.1, 0.15) is 57.5 Å². The monoisotopic (exact) mass is 406 g/mol. The van der Waals surface area contributed by atoms with Gasteiger partial charge in [-0.2, -0.15) is 0 Å². The van der Waals surface area contributed by atoms with E-state index in [4.69, 9.17) is 9.47 Å². The van der Waals surface area contributed by atoms with E-state index in [-0.39, 0.29) is 23.3 Å². The molecule has 0 aromatic heterocycles. The average Bonchev–Trinajstić information content (AvgIpc) is 2.63. The van der Waals surface area contributed by atoms with Gasteiger partial charge in [0.1, 0.15) is 6.04 Å². The number of hydrogen-bond donors (Lipinski definition) is 2. The molecule has 1 aromatic rings. The first-order chi connectivity index (χ1) is 13.5. The van der Waals surface area contributed by atoms with Crippen molar-refractivity contribution in [3.8, 4) is 0 Å². The van der Waals surface area contributed by atoms with E-state index in [1.165, 1.54) is 7.11 Å². The Morgan fingerprint density at radius 1 is 1.00 bits per heavy atom. The summed E-state index contributed by atoms with van der Waals surface area (Å²) in [7, 11) is 1.54. The molecular formula is C22H34N2O5. The van der Waals surface area contributed by atoms with Crippen molar-refractivity contribution in [3.05, 3.63) is 35.4 Å². The van der Waals surface area contributed by atoms with Gasteiger partial charge in [0.15, 0.2) is 6.61 Å². The van der Waals surface area contributed by atoms with Crippen LogP contribution in [0.25, 0.3) is 0 Å². The molecule has 7 nitrogen and oxygen atoms in total. The second-order valence-corrected chi connectivity index (χ2v) is 8.55. The molecule has 29 heavy (non-hydrogen) atoms. The van der Waals surface area contributed by atoms with Gasteiger partial charge in [-0.15, -0.1) is 0 Å². The van der Waals surface area contributed by atoms with E-state index in [1.54, 1.807) is 32.9 Å². The van der Waals surface area contributed by atoms with Gasteiger partial charge >= 0.3 is 5.97 Å². The zero-order valence-electron chi connectivity index (χ0n) is 18.5. The summed E-state index contributed by atoms with van der Waals surface area (Å²) in [6.07, 6.45) is 0. The largest absolute Gasteiger partial charge is 0.454 e. The van der Waals surface area contributed by atoms with E-state index in [2.05, 4.69) is 31.4 Å².